The SMILES string of the molecule is CC(C)(C)[Si](C)(C)OCC1CC(=O)N1C(=O)OCCc1ccccc1. The monoisotopic (exact) mass is 363 g/mol. The third-order valence-corrected chi connectivity index (χ3v) is 9.64. The highest BCUT2D eigenvalue weighted by molar-refractivity contribution is 6.74. The molecule has 1 unspecified atom stereocenters. The molecule has 6 heteroatoms. The van der Waals surface area contributed by atoms with Gasteiger partial charge in [0.1, 0.15) is 0 Å². The van der Waals surface area contributed by atoms with Crippen molar-refractivity contribution >= 4 is 20.3 Å². The molecule has 5 nitrogen and oxygen atoms in total. The fourth-order valence-electron chi connectivity index (χ4n) is 2.36. The van der Waals surface area contributed by atoms with Gasteiger partial charge >= 0.3 is 6.09 Å². The Labute approximate surface area is 151 Å². The van der Waals surface area contributed by atoms with Crippen LogP contribution in [0.4, 0.5) is 4.79 Å². The summed E-state index contributed by atoms with van der Waals surface area (Å²) >= 11 is 0. The highest BCUT2D eigenvalue weighted by Crippen LogP contribution is 2.37. The molecule has 0 bridgehead atoms. The van der Waals surface area contributed by atoms with Crippen molar-refractivity contribution < 1.29 is 18.8 Å². The summed E-state index contributed by atoms with van der Waals surface area (Å²) in [6.07, 6.45) is 0.429. The second kappa shape index (κ2) is 7.70. The van der Waals surface area contributed by atoms with Crippen molar-refractivity contribution in [1.82, 2.24) is 4.90 Å². The van der Waals surface area contributed by atoms with Crippen molar-refractivity contribution in [2.45, 2.75) is 57.8 Å². The van der Waals surface area contributed by atoms with Gasteiger partial charge in [0.15, 0.2) is 8.32 Å². The largest absolute Gasteiger partial charge is 0.449 e. The van der Waals surface area contributed by atoms with Crippen LogP contribution >= 0.6 is 0 Å². The van der Waals surface area contributed by atoms with Crippen molar-refractivity contribution in [3.63, 3.8) is 0 Å². The summed E-state index contributed by atoms with van der Waals surface area (Å²) in [6.45, 7) is 11.5. The van der Waals surface area contributed by atoms with Crippen molar-refractivity contribution in [1.29, 1.82) is 0 Å². The van der Waals surface area contributed by atoms with Gasteiger partial charge in [0, 0.05) is 6.42 Å². The number of β-lactam (4-membered cyclic amide) rings is 1. The zero-order valence-corrected chi connectivity index (χ0v) is 16.9. The van der Waals surface area contributed by atoms with Crippen molar-refractivity contribution in [2.24, 2.45) is 0 Å². The van der Waals surface area contributed by atoms with Gasteiger partial charge in [-0.2, -0.15) is 0 Å². The standard InChI is InChI=1S/C19H29NO4Si/c1-19(2,3)25(4,5)24-14-16-13-17(21)20(16)18(22)23-12-11-15-9-7-6-8-10-15/h6-10,16H,11-14H2,1-5H3. The van der Waals surface area contributed by atoms with Gasteiger partial charge in [-0.05, 0) is 23.7 Å². The molecule has 2 rings (SSSR count). The molecular formula is C19H29NO4Si. The lowest BCUT2D eigenvalue weighted by Gasteiger charge is -2.42. The van der Waals surface area contributed by atoms with Gasteiger partial charge in [-0.15, -0.1) is 0 Å². The maximum atomic E-state index is 12.2. The van der Waals surface area contributed by atoms with E-state index in [1.54, 1.807) is 0 Å². The number of carbonyl (C=O) groups is 2. The van der Waals surface area contributed by atoms with E-state index >= 15 is 0 Å². The summed E-state index contributed by atoms with van der Waals surface area (Å²) in [5.74, 6) is -0.187. The number of carbonyl (C=O) groups excluding carboxylic acids is 2. The van der Waals surface area contributed by atoms with Gasteiger partial charge in [0.25, 0.3) is 0 Å². The van der Waals surface area contributed by atoms with Gasteiger partial charge in [-0.25, -0.2) is 9.69 Å². The first-order valence-corrected chi connectivity index (χ1v) is 11.7. The molecule has 0 N–H and O–H groups in total. The predicted octanol–water partition coefficient (Wildman–Crippen LogP) is 3.99. The summed E-state index contributed by atoms with van der Waals surface area (Å²) in [6, 6.07) is 9.61. The van der Waals surface area contributed by atoms with E-state index in [-0.39, 0.29) is 23.6 Å². The summed E-state index contributed by atoms with van der Waals surface area (Å²) in [5.41, 5.74) is 1.10. The van der Waals surface area contributed by atoms with Crippen LogP contribution in [-0.4, -0.2) is 44.5 Å². The predicted molar refractivity (Wildman–Crippen MR) is 99.9 cm³/mol. The molecule has 0 saturated carbocycles. The van der Waals surface area contributed by atoms with Gasteiger partial charge in [-0.3, -0.25) is 4.79 Å². The fourth-order valence-corrected chi connectivity index (χ4v) is 3.40. The number of rotatable bonds is 6. The van der Waals surface area contributed by atoms with E-state index in [1.807, 2.05) is 30.3 Å². The van der Waals surface area contributed by atoms with Crippen LogP contribution in [0, 0.1) is 0 Å². The van der Waals surface area contributed by atoms with Gasteiger partial charge in [0.05, 0.1) is 25.7 Å². The Morgan fingerprint density at radius 3 is 2.44 bits per heavy atom. The zero-order valence-electron chi connectivity index (χ0n) is 15.9. The minimum atomic E-state index is -1.90. The molecule has 1 aliphatic heterocycles. The van der Waals surface area contributed by atoms with Gasteiger partial charge in [-0.1, -0.05) is 51.1 Å². The molecular weight excluding hydrogens is 334 g/mol. The zero-order chi connectivity index (χ0) is 18.7. The summed E-state index contributed by atoms with van der Waals surface area (Å²) < 4.78 is 11.4. The molecule has 1 saturated heterocycles. The maximum Gasteiger partial charge on any atom is 0.416 e. The van der Waals surface area contributed by atoms with E-state index in [9.17, 15) is 9.59 Å². The normalized spacial score (nSPS) is 18.0. The molecule has 1 aromatic rings. The van der Waals surface area contributed by atoms with E-state index < -0.39 is 14.4 Å². The van der Waals surface area contributed by atoms with Crippen molar-refractivity contribution in [3.8, 4) is 0 Å². The molecule has 25 heavy (non-hydrogen) atoms. The maximum absolute atomic E-state index is 12.2. The van der Waals surface area contributed by atoms with Crippen LogP contribution in [0.5, 0.6) is 0 Å². The van der Waals surface area contributed by atoms with Crippen molar-refractivity contribution in [2.75, 3.05) is 13.2 Å². The van der Waals surface area contributed by atoms with Crippen LogP contribution in [0.2, 0.25) is 18.1 Å². The third-order valence-electron chi connectivity index (χ3n) is 5.14. The molecule has 0 aliphatic carbocycles. The van der Waals surface area contributed by atoms with E-state index in [2.05, 4.69) is 33.9 Å². The number of amides is 2. The van der Waals surface area contributed by atoms with Crippen LogP contribution < -0.4 is 0 Å². The second-order valence-electron chi connectivity index (χ2n) is 8.04. The van der Waals surface area contributed by atoms with E-state index in [0.717, 1.165) is 5.56 Å². The average Bonchev–Trinajstić information content (AvgIpc) is 2.51. The number of nitrogens with zero attached hydrogens (tertiary/aromatic N) is 1. The molecule has 2 amide bonds. The first-order valence-electron chi connectivity index (χ1n) is 8.78. The van der Waals surface area contributed by atoms with E-state index in [0.29, 0.717) is 19.4 Å². The van der Waals surface area contributed by atoms with E-state index in [4.69, 9.17) is 9.16 Å². The van der Waals surface area contributed by atoms with Crippen LogP contribution in [0.3, 0.4) is 0 Å². The fraction of sp³-hybridized carbons (Fsp3) is 0.579. The molecule has 0 radical (unpaired) electrons. The number of ether oxygens (including phenoxy) is 1. The molecule has 1 aliphatic rings. The summed E-state index contributed by atoms with van der Waals surface area (Å²) in [7, 11) is -1.90. The molecule has 1 atom stereocenters. The Balaban J connectivity index is 1.81. The number of hydrogen-bond donors (Lipinski definition) is 0. The van der Waals surface area contributed by atoms with Crippen LogP contribution in [0.25, 0.3) is 0 Å². The number of benzene rings is 1. The lowest BCUT2D eigenvalue weighted by atomic mass is 10.0. The topological polar surface area (TPSA) is 55.8 Å². The lowest BCUT2D eigenvalue weighted by Crippen LogP contribution is -2.59. The number of likely N-dealkylation sites (tertiary alicyclic amines) is 1. The molecule has 0 aromatic heterocycles. The molecule has 1 fully saturated rings. The highest BCUT2D eigenvalue weighted by atomic mass is 28.4. The highest BCUT2D eigenvalue weighted by Gasteiger charge is 2.44. The smallest absolute Gasteiger partial charge is 0.416 e. The van der Waals surface area contributed by atoms with Gasteiger partial charge in [0.2, 0.25) is 5.91 Å². The van der Waals surface area contributed by atoms with Crippen LogP contribution in [0.15, 0.2) is 30.3 Å². The van der Waals surface area contributed by atoms with Gasteiger partial charge < -0.3 is 9.16 Å². The first kappa shape index (κ1) is 19.7. The Morgan fingerprint density at radius 1 is 1.24 bits per heavy atom. The number of imide groups is 1. The Bertz CT molecular complexity index is 610. The second-order valence-corrected chi connectivity index (χ2v) is 12.9. The quantitative estimate of drug-likeness (QED) is 0.566. The summed E-state index contributed by atoms with van der Waals surface area (Å²) in [5, 5.41) is 0.0990. The van der Waals surface area contributed by atoms with Crippen molar-refractivity contribution in [3.05, 3.63) is 35.9 Å². The summed E-state index contributed by atoms with van der Waals surface area (Å²) in [4.78, 5) is 25.2. The first-order chi connectivity index (χ1) is 11.6. The average molecular weight is 364 g/mol. The molecule has 138 valence electrons. The van der Waals surface area contributed by atoms with Crippen LogP contribution in [-0.2, 0) is 20.4 Å². The van der Waals surface area contributed by atoms with E-state index in [1.165, 1.54) is 4.90 Å². The third kappa shape index (κ3) is 4.92. The number of hydrogen-bond acceptors (Lipinski definition) is 4. The Kier molecular flexibility index (Phi) is 6.06. The Morgan fingerprint density at radius 2 is 1.88 bits per heavy atom. The van der Waals surface area contributed by atoms with Crippen LogP contribution in [0.1, 0.15) is 32.8 Å². The minimum absolute atomic E-state index is 0.0990. The molecule has 1 aromatic carbocycles. The minimum Gasteiger partial charge on any atom is -0.449 e. The Hall–Kier alpha value is -1.66. The molecule has 1 heterocycles. The molecule has 0 spiro atoms. The lowest BCUT2D eigenvalue weighted by molar-refractivity contribution is -0.144.